The van der Waals surface area contributed by atoms with Crippen LogP contribution in [0.1, 0.15) is 16.7 Å². The average molecular weight is 636 g/mol. The molecule has 0 aliphatic carbocycles. The van der Waals surface area contributed by atoms with Gasteiger partial charge in [-0.3, -0.25) is 0 Å². The van der Waals surface area contributed by atoms with Gasteiger partial charge < -0.3 is 9.13 Å². The number of nitrogens with zero attached hydrogens (tertiary/aromatic N) is 5. The Hall–Kier alpha value is -7.39. The topological polar surface area (TPSA) is 81.2 Å². The molecule has 0 radical (unpaired) electrons. The molecule has 0 amide bonds. The summed E-state index contributed by atoms with van der Waals surface area (Å²) in [5.74, 6) is 0. The number of para-hydroxylation sites is 2. The molecule has 0 atom stereocenters. The third-order valence-corrected chi connectivity index (χ3v) is 9.63. The second kappa shape index (κ2) is 11.4. The van der Waals surface area contributed by atoms with E-state index in [1.807, 2.05) is 54.6 Å². The Balaban J connectivity index is 1.18. The van der Waals surface area contributed by atoms with Crippen molar-refractivity contribution in [3.63, 3.8) is 0 Å². The van der Waals surface area contributed by atoms with Crippen molar-refractivity contribution in [2.75, 3.05) is 0 Å². The summed E-state index contributed by atoms with van der Waals surface area (Å²) >= 11 is 0. The van der Waals surface area contributed by atoms with Crippen molar-refractivity contribution >= 4 is 43.6 Å². The second-order valence-electron chi connectivity index (χ2n) is 12.3. The molecular weight excluding hydrogens is 611 g/mol. The van der Waals surface area contributed by atoms with Crippen molar-refractivity contribution in [3.05, 3.63) is 168 Å². The van der Waals surface area contributed by atoms with Crippen molar-refractivity contribution in [2.45, 2.75) is 0 Å². The molecule has 0 aliphatic heterocycles. The van der Waals surface area contributed by atoms with Crippen LogP contribution in [-0.2, 0) is 0 Å². The van der Waals surface area contributed by atoms with E-state index < -0.39 is 0 Å². The van der Waals surface area contributed by atoms with E-state index in [4.69, 9.17) is 0 Å². The second-order valence-corrected chi connectivity index (χ2v) is 12.3. The van der Waals surface area contributed by atoms with Gasteiger partial charge in [0.05, 0.1) is 62.7 Å². The van der Waals surface area contributed by atoms with E-state index in [9.17, 15) is 15.8 Å². The molecule has 0 bridgehead atoms. The highest BCUT2D eigenvalue weighted by Crippen LogP contribution is 2.39. The lowest BCUT2D eigenvalue weighted by molar-refractivity contribution is 1.18. The van der Waals surface area contributed by atoms with Gasteiger partial charge in [0.1, 0.15) is 0 Å². The highest BCUT2D eigenvalue weighted by atomic mass is 15.0. The van der Waals surface area contributed by atoms with E-state index in [1.165, 1.54) is 10.8 Å². The monoisotopic (exact) mass is 635 g/mol. The van der Waals surface area contributed by atoms with Gasteiger partial charge in [-0.2, -0.15) is 15.8 Å². The number of fused-ring (bicyclic) bond motifs is 6. The molecule has 0 unspecified atom stereocenters. The van der Waals surface area contributed by atoms with Crippen LogP contribution in [0.3, 0.4) is 0 Å². The quantitative estimate of drug-likeness (QED) is 0.193. The minimum absolute atomic E-state index is 0.554. The molecular formula is C45H25N5. The van der Waals surface area contributed by atoms with Crippen molar-refractivity contribution in [1.82, 2.24) is 9.13 Å². The summed E-state index contributed by atoms with van der Waals surface area (Å²) in [6.45, 7) is 0. The van der Waals surface area contributed by atoms with Gasteiger partial charge in [-0.25, -0.2) is 0 Å². The highest BCUT2D eigenvalue weighted by Gasteiger charge is 2.19. The molecule has 2 heterocycles. The average Bonchev–Trinajstić information content (AvgIpc) is 3.70. The fourth-order valence-electron chi connectivity index (χ4n) is 7.47. The number of hydrogen-bond donors (Lipinski definition) is 0. The predicted molar refractivity (Wildman–Crippen MR) is 200 cm³/mol. The Morgan fingerprint density at radius 1 is 0.400 bits per heavy atom. The van der Waals surface area contributed by atoms with Crippen molar-refractivity contribution in [2.24, 2.45) is 0 Å². The van der Waals surface area contributed by atoms with Crippen LogP contribution in [0.2, 0.25) is 0 Å². The first kappa shape index (κ1) is 28.8. The molecule has 0 aliphatic rings. The van der Waals surface area contributed by atoms with Gasteiger partial charge in [0.15, 0.2) is 0 Å². The van der Waals surface area contributed by atoms with Crippen molar-refractivity contribution in [1.29, 1.82) is 15.8 Å². The molecule has 5 nitrogen and oxygen atoms in total. The largest absolute Gasteiger partial charge is 0.309 e. The number of aromatic nitrogens is 2. The molecule has 9 rings (SSSR count). The summed E-state index contributed by atoms with van der Waals surface area (Å²) < 4.78 is 4.42. The van der Waals surface area contributed by atoms with E-state index in [-0.39, 0.29) is 0 Å². The van der Waals surface area contributed by atoms with Crippen LogP contribution in [-0.4, -0.2) is 9.13 Å². The maximum atomic E-state index is 10.4. The smallest absolute Gasteiger partial charge is 0.0998 e. The molecule has 0 N–H and O–H groups in total. The maximum Gasteiger partial charge on any atom is 0.0998 e. The van der Waals surface area contributed by atoms with Crippen LogP contribution in [0, 0.1) is 34.0 Å². The van der Waals surface area contributed by atoms with Crippen LogP contribution in [0.5, 0.6) is 0 Å². The van der Waals surface area contributed by atoms with E-state index in [0.29, 0.717) is 16.7 Å². The summed E-state index contributed by atoms with van der Waals surface area (Å²) in [6.07, 6.45) is 0. The third-order valence-electron chi connectivity index (χ3n) is 9.63. The summed E-state index contributed by atoms with van der Waals surface area (Å²) in [5.41, 5.74) is 11.6. The highest BCUT2D eigenvalue weighted by molar-refractivity contribution is 6.12. The zero-order valence-electron chi connectivity index (χ0n) is 26.7. The van der Waals surface area contributed by atoms with Crippen LogP contribution in [0.4, 0.5) is 0 Å². The molecule has 0 saturated carbocycles. The van der Waals surface area contributed by atoms with E-state index in [0.717, 1.165) is 66.5 Å². The number of rotatable bonds is 4. The first-order valence-electron chi connectivity index (χ1n) is 16.3. The Bertz CT molecular complexity index is 2900. The number of benzene rings is 7. The summed E-state index contributed by atoms with van der Waals surface area (Å²) in [6, 6.07) is 57.9. The summed E-state index contributed by atoms with van der Waals surface area (Å²) in [5, 5.41) is 33.9. The molecule has 0 spiro atoms. The molecule has 50 heavy (non-hydrogen) atoms. The van der Waals surface area contributed by atoms with Crippen molar-refractivity contribution < 1.29 is 0 Å². The zero-order chi connectivity index (χ0) is 33.8. The van der Waals surface area contributed by atoms with Gasteiger partial charge >= 0.3 is 0 Å². The molecule has 0 saturated heterocycles. The fourth-order valence-corrected chi connectivity index (χ4v) is 7.47. The lowest BCUT2D eigenvalue weighted by Gasteiger charge is -2.16. The SMILES string of the molecule is N#Cc1ccc2c(c1)c1c(C#N)cccc1n2-c1ccc(-c2cccc(-c3c(C#N)cccc3-n3c4ccccc4c4ccccc43)c2)cc1. The molecule has 9 aromatic rings. The Morgan fingerprint density at radius 2 is 1.02 bits per heavy atom. The summed E-state index contributed by atoms with van der Waals surface area (Å²) in [4.78, 5) is 0. The third kappa shape index (κ3) is 4.31. The van der Waals surface area contributed by atoms with Gasteiger partial charge in [0.25, 0.3) is 0 Å². The van der Waals surface area contributed by atoms with Crippen LogP contribution in [0.25, 0.3) is 77.2 Å². The van der Waals surface area contributed by atoms with Gasteiger partial charge in [0, 0.05) is 32.8 Å². The first-order valence-corrected chi connectivity index (χ1v) is 16.3. The Labute approximate surface area is 287 Å². The minimum atomic E-state index is 0.554. The number of nitriles is 3. The molecule has 7 aromatic carbocycles. The minimum Gasteiger partial charge on any atom is -0.309 e. The maximum absolute atomic E-state index is 10.4. The Kier molecular flexibility index (Phi) is 6.56. The van der Waals surface area contributed by atoms with Crippen LogP contribution >= 0.6 is 0 Å². The van der Waals surface area contributed by atoms with E-state index in [2.05, 4.69) is 124 Å². The molecule has 0 fully saturated rings. The van der Waals surface area contributed by atoms with Crippen LogP contribution < -0.4 is 0 Å². The predicted octanol–water partition coefficient (Wildman–Crippen LogP) is 10.8. The molecule has 230 valence electrons. The lowest BCUT2D eigenvalue weighted by atomic mass is 9.94. The zero-order valence-corrected chi connectivity index (χ0v) is 26.7. The summed E-state index contributed by atoms with van der Waals surface area (Å²) in [7, 11) is 0. The standard InChI is InChI=1S/C45H25N5/c46-26-29-18-23-41-38(24-29)45-34(28-48)11-7-17-43(45)49(41)35-21-19-30(20-22-35)31-8-5-9-32(25-31)44-33(27-47)10-6-16-42(44)50-39-14-3-1-12-36(39)37-13-2-4-15-40(37)50/h1-25H. The fraction of sp³-hybridized carbons (Fsp3) is 0. The van der Waals surface area contributed by atoms with Gasteiger partial charge in [-0.15, -0.1) is 0 Å². The van der Waals surface area contributed by atoms with E-state index in [1.54, 1.807) is 0 Å². The van der Waals surface area contributed by atoms with Gasteiger partial charge in [-0.05, 0) is 89.5 Å². The van der Waals surface area contributed by atoms with Gasteiger partial charge in [-0.1, -0.05) is 78.9 Å². The van der Waals surface area contributed by atoms with Crippen LogP contribution in [0.15, 0.2) is 152 Å². The molecule has 2 aromatic heterocycles. The van der Waals surface area contributed by atoms with Crippen molar-refractivity contribution in [3.8, 4) is 51.8 Å². The van der Waals surface area contributed by atoms with Gasteiger partial charge in [0.2, 0.25) is 0 Å². The molecule has 5 heteroatoms. The normalized spacial score (nSPS) is 11.1. The first-order chi connectivity index (χ1) is 24.7. The van der Waals surface area contributed by atoms with E-state index >= 15 is 0 Å². The Morgan fingerprint density at radius 3 is 1.74 bits per heavy atom. The lowest BCUT2D eigenvalue weighted by Crippen LogP contribution is -1.99. The number of hydrogen-bond acceptors (Lipinski definition) is 3.